The number of amides is 2. The smallest absolute Gasteiger partial charge is 0.237 e. The van der Waals surface area contributed by atoms with Crippen molar-refractivity contribution in [3.8, 4) is 11.4 Å². The molecule has 2 amide bonds. The number of hydrogen-bond donors (Lipinski definition) is 1. The predicted octanol–water partition coefficient (Wildman–Crippen LogP) is 3.74. The minimum atomic E-state index is -0.236. The Morgan fingerprint density at radius 1 is 1.27 bits per heavy atom. The van der Waals surface area contributed by atoms with Crippen LogP contribution in [0.4, 0.5) is 11.4 Å². The summed E-state index contributed by atoms with van der Waals surface area (Å²) < 4.78 is 7.22. The number of carbonyl (C=O) groups is 2. The second-order valence-corrected chi connectivity index (χ2v) is 7.89. The van der Waals surface area contributed by atoms with Crippen LogP contribution < -0.4 is 15.0 Å². The maximum atomic E-state index is 13.2. The fourth-order valence-electron chi connectivity index (χ4n) is 3.52. The van der Waals surface area contributed by atoms with Gasteiger partial charge in [0.25, 0.3) is 0 Å². The largest absolute Gasteiger partial charge is 0.497 e. The highest BCUT2D eigenvalue weighted by atomic mass is 32.2. The number of nitrogens with one attached hydrogen (secondary N) is 1. The zero-order chi connectivity index (χ0) is 21.1. The van der Waals surface area contributed by atoms with Crippen LogP contribution in [-0.4, -0.2) is 40.3 Å². The molecule has 0 radical (unpaired) electrons. The second kappa shape index (κ2) is 8.62. The normalized spacial score (nSPS) is 15.9. The zero-order valence-electron chi connectivity index (χ0n) is 16.7. The topological polar surface area (TPSA) is 76.5 Å². The van der Waals surface area contributed by atoms with E-state index in [1.807, 2.05) is 66.2 Å². The first-order chi connectivity index (χ1) is 14.6. The molecule has 0 spiro atoms. The predicted molar refractivity (Wildman–Crippen MR) is 117 cm³/mol. The van der Waals surface area contributed by atoms with Crippen LogP contribution in [0.1, 0.15) is 13.3 Å². The first-order valence-corrected chi connectivity index (χ1v) is 10.6. The number of para-hydroxylation sites is 2. The van der Waals surface area contributed by atoms with E-state index in [-0.39, 0.29) is 30.0 Å². The zero-order valence-corrected chi connectivity index (χ0v) is 17.6. The number of hydrogen-bond acceptors (Lipinski definition) is 5. The van der Waals surface area contributed by atoms with Gasteiger partial charge in [0.1, 0.15) is 5.75 Å². The second-order valence-electron chi connectivity index (χ2n) is 6.95. The summed E-state index contributed by atoms with van der Waals surface area (Å²) in [5.41, 5.74) is 2.28. The molecule has 30 heavy (non-hydrogen) atoms. The van der Waals surface area contributed by atoms with E-state index in [4.69, 9.17) is 4.74 Å². The number of carbonyl (C=O) groups excluding carboxylic acids is 2. The van der Waals surface area contributed by atoms with Crippen molar-refractivity contribution in [1.29, 1.82) is 0 Å². The number of rotatable bonds is 5. The molecule has 1 aliphatic heterocycles. The van der Waals surface area contributed by atoms with Crippen molar-refractivity contribution in [3.05, 3.63) is 60.9 Å². The van der Waals surface area contributed by atoms with Crippen molar-refractivity contribution in [3.63, 3.8) is 0 Å². The summed E-state index contributed by atoms with van der Waals surface area (Å²) >= 11 is 1.36. The summed E-state index contributed by atoms with van der Waals surface area (Å²) in [7, 11) is 1.63. The molecule has 0 aliphatic carbocycles. The van der Waals surface area contributed by atoms with Crippen molar-refractivity contribution in [1.82, 2.24) is 9.55 Å². The minimum absolute atomic E-state index is 0.0726. The van der Waals surface area contributed by atoms with Crippen LogP contribution in [0.2, 0.25) is 0 Å². The number of fused-ring (bicyclic) bond motifs is 1. The van der Waals surface area contributed by atoms with Crippen molar-refractivity contribution in [2.45, 2.75) is 24.5 Å². The van der Waals surface area contributed by atoms with Gasteiger partial charge in [-0.15, -0.1) is 0 Å². The SMILES string of the molecule is COc1cccc(-n2ccnc2SCC(=O)N2c3ccccc3NC(=O)CC2C)c1. The van der Waals surface area contributed by atoms with Gasteiger partial charge < -0.3 is 15.0 Å². The maximum Gasteiger partial charge on any atom is 0.237 e. The first kappa shape index (κ1) is 20.0. The summed E-state index contributed by atoms with van der Waals surface area (Å²) in [4.78, 5) is 31.4. The van der Waals surface area contributed by atoms with Gasteiger partial charge in [-0.1, -0.05) is 30.0 Å². The van der Waals surface area contributed by atoms with Gasteiger partial charge in [0.15, 0.2) is 5.16 Å². The van der Waals surface area contributed by atoms with Gasteiger partial charge in [-0.05, 0) is 31.2 Å². The van der Waals surface area contributed by atoms with E-state index in [2.05, 4.69) is 10.3 Å². The highest BCUT2D eigenvalue weighted by Gasteiger charge is 2.29. The standard InChI is InChI=1S/C22H22N4O3S/c1-15-12-20(27)24-18-8-3-4-9-19(18)26(15)21(28)14-30-22-23-10-11-25(22)16-6-5-7-17(13-16)29-2/h3-11,13,15H,12,14H2,1-2H3,(H,24,27). The van der Waals surface area contributed by atoms with E-state index in [1.165, 1.54) is 11.8 Å². The van der Waals surface area contributed by atoms with Gasteiger partial charge in [-0.25, -0.2) is 4.98 Å². The Labute approximate surface area is 179 Å². The van der Waals surface area contributed by atoms with Crippen LogP contribution in [-0.2, 0) is 9.59 Å². The van der Waals surface area contributed by atoms with Crippen molar-refractivity contribution < 1.29 is 14.3 Å². The van der Waals surface area contributed by atoms with Crippen LogP contribution >= 0.6 is 11.8 Å². The number of aromatic nitrogens is 2. The Kier molecular flexibility index (Phi) is 5.76. The van der Waals surface area contributed by atoms with Crippen LogP contribution in [0.25, 0.3) is 5.69 Å². The number of thioether (sulfide) groups is 1. The lowest BCUT2D eigenvalue weighted by atomic mass is 10.2. The van der Waals surface area contributed by atoms with Crippen LogP contribution in [0, 0.1) is 0 Å². The molecule has 1 aromatic heterocycles. The molecule has 1 atom stereocenters. The van der Waals surface area contributed by atoms with Gasteiger partial charge in [0, 0.05) is 30.9 Å². The summed E-state index contributed by atoms with van der Waals surface area (Å²) in [5, 5.41) is 3.59. The monoisotopic (exact) mass is 422 g/mol. The Morgan fingerprint density at radius 3 is 2.93 bits per heavy atom. The van der Waals surface area contributed by atoms with E-state index in [0.717, 1.165) is 17.1 Å². The molecule has 1 N–H and O–H groups in total. The summed E-state index contributed by atoms with van der Waals surface area (Å²) in [6.45, 7) is 1.89. The molecule has 0 bridgehead atoms. The van der Waals surface area contributed by atoms with Crippen LogP contribution in [0.15, 0.2) is 66.1 Å². The molecule has 1 aliphatic rings. The molecular formula is C22H22N4O3S. The highest BCUT2D eigenvalue weighted by Crippen LogP contribution is 2.32. The molecule has 4 rings (SSSR count). The molecule has 2 heterocycles. The lowest BCUT2D eigenvalue weighted by Gasteiger charge is -2.27. The fraction of sp³-hybridized carbons (Fsp3) is 0.227. The van der Waals surface area contributed by atoms with Gasteiger partial charge in [-0.2, -0.15) is 0 Å². The van der Waals surface area contributed by atoms with E-state index in [1.54, 1.807) is 18.2 Å². The lowest BCUT2D eigenvalue weighted by molar-refractivity contribution is -0.117. The van der Waals surface area contributed by atoms with Crippen molar-refractivity contribution in [2.75, 3.05) is 23.1 Å². The molecule has 1 unspecified atom stereocenters. The van der Waals surface area contributed by atoms with E-state index >= 15 is 0 Å². The Morgan fingerprint density at radius 2 is 2.10 bits per heavy atom. The fourth-order valence-corrected chi connectivity index (χ4v) is 4.35. The average Bonchev–Trinajstić information content (AvgIpc) is 3.17. The molecule has 0 saturated heterocycles. The molecule has 154 valence electrons. The summed E-state index contributed by atoms with van der Waals surface area (Å²) in [5.74, 6) is 0.789. The Balaban J connectivity index is 1.55. The highest BCUT2D eigenvalue weighted by molar-refractivity contribution is 7.99. The Bertz CT molecular complexity index is 1080. The number of imidazole rings is 1. The molecule has 3 aromatic rings. The van der Waals surface area contributed by atoms with Crippen molar-refractivity contribution in [2.24, 2.45) is 0 Å². The van der Waals surface area contributed by atoms with Gasteiger partial charge in [0.05, 0.1) is 29.9 Å². The van der Waals surface area contributed by atoms with Gasteiger partial charge in [-0.3, -0.25) is 14.2 Å². The maximum absolute atomic E-state index is 13.2. The number of methoxy groups -OCH3 is 1. The first-order valence-electron chi connectivity index (χ1n) is 9.58. The van der Waals surface area contributed by atoms with E-state index < -0.39 is 0 Å². The summed E-state index contributed by atoms with van der Waals surface area (Å²) in [6, 6.07) is 14.8. The van der Waals surface area contributed by atoms with Gasteiger partial charge >= 0.3 is 0 Å². The Hall–Kier alpha value is -3.26. The minimum Gasteiger partial charge on any atom is -0.497 e. The number of ether oxygens (including phenoxy) is 1. The molecule has 8 heteroatoms. The molecule has 0 saturated carbocycles. The number of nitrogens with zero attached hydrogens (tertiary/aromatic N) is 3. The van der Waals surface area contributed by atoms with Crippen LogP contribution in [0.3, 0.4) is 0 Å². The summed E-state index contributed by atoms with van der Waals surface area (Å²) in [6.07, 6.45) is 3.82. The molecule has 2 aromatic carbocycles. The number of anilines is 2. The lowest BCUT2D eigenvalue weighted by Crippen LogP contribution is -2.40. The van der Waals surface area contributed by atoms with E-state index in [9.17, 15) is 9.59 Å². The van der Waals surface area contributed by atoms with Gasteiger partial charge in [0.2, 0.25) is 11.8 Å². The molecule has 0 fully saturated rings. The quantitative estimate of drug-likeness (QED) is 0.634. The van der Waals surface area contributed by atoms with E-state index in [0.29, 0.717) is 10.8 Å². The third-order valence-corrected chi connectivity index (χ3v) is 5.84. The third-order valence-electron chi connectivity index (χ3n) is 4.89. The number of benzene rings is 2. The molecular weight excluding hydrogens is 400 g/mol. The van der Waals surface area contributed by atoms with Crippen molar-refractivity contribution >= 4 is 35.0 Å². The average molecular weight is 423 g/mol. The molecule has 7 nitrogen and oxygen atoms in total. The van der Waals surface area contributed by atoms with Crippen LogP contribution in [0.5, 0.6) is 5.75 Å². The third kappa shape index (κ3) is 4.04.